The second-order valence-electron chi connectivity index (χ2n) is 2.20. The number of nitrogens with zero attached hydrogens (tertiary/aromatic N) is 1. The number of methoxy groups -OCH3 is 1. The molecule has 10 heavy (non-hydrogen) atoms. The second kappa shape index (κ2) is 2.69. The van der Waals surface area contributed by atoms with Gasteiger partial charge in [0.25, 0.3) is 0 Å². The van der Waals surface area contributed by atoms with E-state index in [1.165, 1.54) is 0 Å². The molecule has 0 aromatic carbocycles. The fourth-order valence-corrected chi connectivity index (χ4v) is 0.896. The lowest BCUT2D eigenvalue weighted by molar-refractivity contribution is 0.292. The Morgan fingerprint density at radius 1 is 1.60 bits per heavy atom. The quantitative estimate of drug-likeness (QED) is 0.506. The van der Waals surface area contributed by atoms with E-state index in [0.29, 0.717) is 0 Å². The molecule has 0 saturated heterocycles. The molecule has 1 rings (SSSR count). The molecule has 2 heteroatoms. The van der Waals surface area contributed by atoms with Gasteiger partial charge in [-0.25, -0.2) is 0 Å². The lowest BCUT2D eigenvalue weighted by Crippen LogP contribution is -1.95. The summed E-state index contributed by atoms with van der Waals surface area (Å²) in [4.78, 5) is 4.08. The summed E-state index contributed by atoms with van der Waals surface area (Å²) in [5.41, 5.74) is 2.13. The lowest BCUT2D eigenvalue weighted by Gasteiger charge is -2.01. The largest absolute Gasteiger partial charge is 0.501 e. The van der Waals surface area contributed by atoms with Gasteiger partial charge in [-0.3, -0.25) is 4.99 Å². The molecule has 1 aliphatic heterocycles. The third-order valence-corrected chi connectivity index (χ3v) is 1.58. The van der Waals surface area contributed by atoms with E-state index in [1.807, 2.05) is 19.9 Å². The average molecular weight is 137 g/mol. The van der Waals surface area contributed by atoms with Crippen molar-refractivity contribution in [3.05, 3.63) is 23.6 Å². The summed E-state index contributed by atoms with van der Waals surface area (Å²) in [5, 5.41) is 0. The fraction of sp³-hybridized carbons (Fsp3) is 0.375. The molecule has 0 radical (unpaired) electrons. The molecule has 0 N–H and O–H groups in total. The maximum Gasteiger partial charge on any atom is 0.101 e. The molecule has 54 valence electrons. The van der Waals surface area contributed by atoms with Crippen LogP contribution in [0, 0.1) is 0 Å². The molecule has 1 aliphatic rings. The van der Waals surface area contributed by atoms with Crippen LogP contribution in [-0.2, 0) is 4.74 Å². The zero-order chi connectivity index (χ0) is 7.56. The molecule has 0 aromatic heterocycles. The molecule has 0 atom stereocenters. The van der Waals surface area contributed by atoms with Gasteiger partial charge in [-0.15, -0.1) is 0 Å². The molecule has 0 unspecified atom stereocenters. The van der Waals surface area contributed by atoms with Crippen LogP contribution in [0.15, 0.2) is 28.6 Å². The Morgan fingerprint density at radius 3 is 2.70 bits per heavy atom. The zero-order valence-electron chi connectivity index (χ0n) is 6.51. The Hall–Kier alpha value is -1.05. The van der Waals surface area contributed by atoms with Gasteiger partial charge < -0.3 is 4.74 Å². The Kier molecular flexibility index (Phi) is 1.90. The minimum absolute atomic E-state index is 0.926. The van der Waals surface area contributed by atoms with E-state index in [0.717, 1.165) is 17.0 Å². The van der Waals surface area contributed by atoms with Gasteiger partial charge in [-0.1, -0.05) is 0 Å². The molecular formula is C8H11NO. The Bertz CT molecular complexity index is 223. The second-order valence-corrected chi connectivity index (χ2v) is 2.20. The van der Waals surface area contributed by atoms with Crippen LogP contribution < -0.4 is 0 Å². The van der Waals surface area contributed by atoms with Gasteiger partial charge in [0.05, 0.1) is 7.11 Å². The topological polar surface area (TPSA) is 21.6 Å². The molecule has 0 saturated carbocycles. The van der Waals surface area contributed by atoms with Crippen LogP contribution in [0.4, 0.5) is 0 Å². The van der Waals surface area contributed by atoms with Crippen LogP contribution in [0.25, 0.3) is 0 Å². The van der Waals surface area contributed by atoms with Crippen LogP contribution in [0.1, 0.15) is 13.8 Å². The molecule has 0 fully saturated rings. The molecule has 2 nitrogen and oxygen atoms in total. The van der Waals surface area contributed by atoms with Gasteiger partial charge in [0.15, 0.2) is 0 Å². The average Bonchev–Trinajstić information content (AvgIpc) is 2.34. The van der Waals surface area contributed by atoms with Crippen molar-refractivity contribution in [3.8, 4) is 0 Å². The highest BCUT2D eigenvalue weighted by Gasteiger charge is 2.06. The number of allylic oxidation sites excluding steroid dienone is 3. The molecule has 0 aromatic rings. The van der Waals surface area contributed by atoms with Crippen LogP contribution in [0.2, 0.25) is 0 Å². The van der Waals surface area contributed by atoms with Gasteiger partial charge in [-0.2, -0.15) is 0 Å². The molecule has 0 spiro atoms. The zero-order valence-corrected chi connectivity index (χ0v) is 6.51. The van der Waals surface area contributed by atoms with Crippen molar-refractivity contribution in [2.45, 2.75) is 13.8 Å². The van der Waals surface area contributed by atoms with E-state index in [9.17, 15) is 0 Å². The normalized spacial score (nSPS) is 20.9. The highest BCUT2D eigenvalue weighted by Crippen LogP contribution is 2.13. The van der Waals surface area contributed by atoms with E-state index in [-0.39, 0.29) is 0 Å². The maximum atomic E-state index is 5.05. The third kappa shape index (κ3) is 1.10. The van der Waals surface area contributed by atoms with E-state index in [2.05, 4.69) is 4.99 Å². The number of aliphatic imine (C=N–C) groups is 1. The first kappa shape index (κ1) is 7.06. The summed E-state index contributed by atoms with van der Waals surface area (Å²) in [6, 6.07) is 0. The number of hydrogen-bond donors (Lipinski definition) is 0. The summed E-state index contributed by atoms with van der Waals surface area (Å²) in [7, 11) is 1.67. The molecule has 0 amide bonds. The summed E-state index contributed by atoms with van der Waals surface area (Å²) in [5.74, 6) is 0.926. The van der Waals surface area contributed by atoms with Crippen LogP contribution in [-0.4, -0.2) is 12.8 Å². The van der Waals surface area contributed by atoms with Crippen molar-refractivity contribution >= 4 is 5.71 Å². The lowest BCUT2D eigenvalue weighted by atomic mass is 10.2. The van der Waals surface area contributed by atoms with Crippen molar-refractivity contribution in [1.82, 2.24) is 0 Å². The Labute approximate surface area is 60.9 Å². The maximum absolute atomic E-state index is 5.05. The van der Waals surface area contributed by atoms with E-state index < -0.39 is 0 Å². The minimum atomic E-state index is 0.926. The van der Waals surface area contributed by atoms with Gasteiger partial charge in [0.1, 0.15) is 5.76 Å². The third-order valence-electron chi connectivity index (χ3n) is 1.58. The van der Waals surface area contributed by atoms with E-state index in [4.69, 9.17) is 4.74 Å². The summed E-state index contributed by atoms with van der Waals surface area (Å²) in [6.07, 6.45) is 3.74. The molecule has 1 heterocycles. The number of ether oxygens (including phenoxy) is 1. The van der Waals surface area contributed by atoms with Gasteiger partial charge in [0, 0.05) is 17.5 Å². The summed E-state index contributed by atoms with van der Waals surface area (Å²) in [6.45, 7) is 3.90. The van der Waals surface area contributed by atoms with Crippen molar-refractivity contribution in [2.24, 2.45) is 4.99 Å². The van der Waals surface area contributed by atoms with E-state index >= 15 is 0 Å². The van der Waals surface area contributed by atoms with Crippen molar-refractivity contribution in [3.63, 3.8) is 0 Å². The standard InChI is InChI=1S/C8H11NO/c1-6-8(4-5-9-6)7(2)10-3/h4-5H,1-3H3/b8-7+. The van der Waals surface area contributed by atoms with Gasteiger partial charge >= 0.3 is 0 Å². The predicted octanol–water partition coefficient (Wildman–Crippen LogP) is 1.90. The smallest absolute Gasteiger partial charge is 0.101 e. The van der Waals surface area contributed by atoms with Crippen LogP contribution in [0.3, 0.4) is 0 Å². The van der Waals surface area contributed by atoms with Gasteiger partial charge in [-0.05, 0) is 19.9 Å². The molecular weight excluding hydrogens is 126 g/mol. The first-order valence-corrected chi connectivity index (χ1v) is 3.22. The Balaban J connectivity index is 2.93. The van der Waals surface area contributed by atoms with Crippen molar-refractivity contribution < 1.29 is 4.74 Å². The first-order chi connectivity index (χ1) is 4.75. The van der Waals surface area contributed by atoms with Crippen LogP contribution in [0.5, 0.6) is 0 Å². The molecule has 0 aliphatic carbocycles. The molecule has 0 bridgehead atoms. The number of hydrogen-bond acceptors (Lipinski definition) is 2. The SMILES string of the molecule is CO/C(C)=C1\C=CN=C1C. The van der Waals surface area contributed by atoms with Crippen LogP contribution >= 0.6 is 0 Å². The monoisotopic (exact) mass is 137 g/mol. The summed E-state index contributed by atoms with van der Waals surface area (Å²) >= 11 is 0. The predicted molar refractivity (Wildman–Crippen MR) is 42.0 cm³/mol. The Morgan fingerprint density at radius 2 is 2.30 bits per heavy atom. The van der Waals surface area contributed by atoms with Crippen molar-refractivity contribution in [1.29, 1.82) is 0 Å². The minimum Gasteiger partial charge on any atom is -0.501 e. The number of rotatable bonds is 1. The highest BCUT2D eigenvalue weighted by molar-refractivity contribution is 6.03. The van der Waals surface area contributed by atoms with Crippen molar-refractivity contribution in [2.75, 3.05) is 7.11 Å². The fourth-order valence-electron chi connectivity index (χ4n) is 0.896. The van der Waals surface area contributed by atoms with E-state index in [1.54, 1.807) is 13.3 Å². The van der Waals surface area contributed by atoms with Gasteiger partial charge in [0.2, 0.25) is 0 Å². The highest BCUT2D eigenvalue weighted by atomic mass is 16.5. The summed E-state index contributed by atoms with van der Waals surface area (Å²) < 4.78 is 5.05. The first-order valence-electron chi connectivity index (χ1n) is 3.22.